The van der Waals surface area contributed by atoms with Gasteiger partial charge in [-0.2, -0.15) is 4.98 Å². The van der Waals surface area contributed by atoms with Gasteiger partial charge in [0.1, 0.15) is 0 Å². The second-order valence-electron chi connectivity index (χ2n) is 4.15. The normalized spacial score (nSPS) is 17.7. The molecule has 1 aliphatic carbocycles. The maximum atomic E-state index is 13.5. The van der Waals surface area contributed by atoms with Crippen molar-refractivity contribution in [3.63, 3.8) is 0 Å². The van der Waals surface area contributed by atoms with E-state index in [4.69, 9.17) is 5.84 Å². The molecule has 0 spiro atoms. The first-order valence-corrected chi connectivity index (χ1v) is 5.46. The highest BCUT2D eigenvalue weighted by Crippen LogP contribution is 2.37. The van der Waals surface area contributed by atoms with E-state index in [1.807, 2.05) is 0 Å². The molecule has 1 aromatic rings. The van der Waals surface area contributed by atoms with E-state index in [1.54, 1.807) is 0 Å². The van der Waals surface area contributed by atoms with E-state index in [0.717, 1.165) is 25.5 Å². The van der Waals surface area contributed by atoms with E-state index in [1.165, 1.54) is 6.42 Å². The molecule has 0 amide bonds. The Hall–Kier alpha value is -1.43. The molecule has 88 valence electrons. The number of hydrogen-bond donors (Lipinski definition) is 3. The minimum Gasteiger partial charge on any atom is -0.362 e. The van der Waals surface area contributed by atoms with Crippen LogP contribution in [0, 0.1) is 5.82 Å². The first-order valence-electron chi connectivity index (χ1n) is 5.46. The fourth-order valence-electron chi connectivity index (χ4n) is 1.95. The van der Waals surface area contributed by atoms with Gasteiger partial charge in [-0.25, -0.2) is 15.2 Å². The summed E-state index contributed by atoms with van der Waals surface area (Å²) < 4.78 is 13.5. The van der Waals surface area contributed by atoms with Crippen LogP contribution in [0.5, 0.6) is 0 Å². The van der Waals surface area contributed by atoms with Crippen LogP contribution < -0.4 is 16.6 Å². The highest BCUT2D eigenvalue weighted by atomic mass is 19.1. The van der Waals surface area contributed by atoms with Crippen molar-refractivity contribution in [2.24, 2.45) is 5.84 Å². The zero-order valence-corrected chi connectivity index (χ0v) is 9.26. The summed E-state index contributed by atoms with van der Waals surface area (Å²) in [6.07, 6.45) is 5.36. The van der Waals surface area contributed by atoms with Gasteiger partial charge in [-0.05, 0) is 25.7 Å². The summed E-state index contributed by atoms with van der Waals surface area (Å²) in [5.74, 6) is 5.18. The Kier molecular flexibility index (Phi) is 2.91. The molecule has 1 saturated carbocycles. The van der Waals surface area contributed by atoms with E-state index in [-0.39, 0.29) is 17.3 Å². The summed E-state index contributed by atoms with van der Waals surface area (Å²) in [6.45, 7) is 2.09. The van der Waals surface area contributed by atoms with E-state index in [9.17, 15) is 4.39 Å². The lowest BCUT2D eigenvalue weighted by Crippen LogP contribution is -2.44. The third kappa shape index (κ3) is 1.92. The Labute approximate surface area is 93.6 Å². The summed E-state index contributed by atoms with van der Waals surface area (Å²) in [7, 11) is 0. The van der Waals surface area contributed by atoms with Gasteiger partial charge >= 0.3 is 0 Å². The van der Waals surface area contributed by atoms with E-state index < -0.39 is 5.82 Å². The lowest BCUT2D eigenvalue weighted by molar-refractivity contribution is 0.267. The molecule has 1 heterocycles. The molecule has 2 rings (SSSR count). The third-order valence-corrected chi connectivity index (χ3v) is 3.24. The van der Waals surface area contributed by atoms with Crippen LogP contribution in [0.25, 0.3) is 0 Å². The molecular formula is C10H16FN5. The Morgan fingerprint density at radius 1 is 1.56 bits per heavy atom. The molecule has 5 nitrogen and oxygen atoms in total. The van der Waals surface area contributed by atoms with E-state index in [0.29, 0.717) is 0 Å². The molecule has 0 aliphatic heterocycles. The van der Waals surface area contributed by atoms with Crippen LogP contribution in [-0.2, 0) is 0 Å². The monoisotopic (exact) mass is 225 g/mol. The van der Waals surface area contributed by atoms with Gasteiger partial charge in [0.25, 0.3) is 0 Å². The van der Waals surface area contributed by atoms with Crippen molar-refractivity contribution in [2.75, 3.05) is 10.7 Å². The smallest absolute Gasteiger partial charge is 0.239 e. The number of anilines is 2. The Morgan fingerprint density at radius 3 is 2.81 bits per heavy atom. The molecule has 1 fully saturated rings. The Balaban J connectivity index is 2.19. The zero-order valence-electron chi connectivity index (χ0n) is 9.26. The summed E-state index contributed by atoms with van der Waals surface area (Å²) >= 11 is 0. The minimum atomic E-state index is -0.446. The van der Waals surface area contributed by atoms with Crippen LogP contribution in [0.15, 0.2) is 6.20 Å². The third-order valence-electron chi connectivity index (χ3n) is 3.24. The molecule has 0 atom stereocenters. The number of halogens is 1. The fourth-order valence-corrected chi connectivity index (χ4v) is 1.95. The van der Waals surface area contributed by atoms with Crippen LogP contribution in [-0.4, -0.2) is 15.5 Å². The molecule has 0 bridgehead atoms. The van der Waals surface area contributed by atoms with Crippen LogP contribution in [0.2, 0.25) is 0 Å². The lowest BCUT2D eigenvalue weighted by Gasteiger charge is -2.42. The summed E-state index contributed by atoms with van der Waals surface area (Å²) in [5, 5.41) is 3.16. The van der Waals surface area contributed by atoms with Crippen LogP contribution in [0.4, 0.5) is 16.2 Å². The zero-order chi connectivity index (χ0) is 11.6. The molecule has 16 heavy (non-hydrogen) atoms. The van der Waals surface area contributed by atoms with Crippen LogP contribution in [0.3, 0.4) is 0 Å². The maximum Gasteiger partial charge on any atom is 0.239 e. The number of aromatic nitrogens is 2. The Bertz CT molecular complexity index is 372. The summed E-state index contributed by atoms with van der Waals surface area (Å²) in [4.78, 5) is 7.67. The number of rotatable bonds is 4. The van der Waals surface area contributed by atoms with Crippen LogP contribution in [0.1, 0.15) is 32.6 Å². The second-order valence-corrected chi connectivity index (χ2v) is 4.15. The number of hydrazine groups is 1. The average Bonchev–Trinajstić information content (AvgIpc) is 2.26. The highest BCUT2D eigenvalue weighted by Gasteiger charge is 2.35. The minimum absolute atomic E-state index is 0.00105. The molecule has 0 saturated heterocycles. The van der Waals surface area contributed by atoms with Gasteiger partial charge in [-0.15, -0.1) is 0 Å². The molecule has 0 aromatic carbocycles. The van der Waals surface area contributed by atoms with E-state index >= 15 is 0 Å². The lowest BCUT2D eigenvalue weighted by atomic mass is 9.75. The van der Waals surface area contributed by atoms with Gasteiger partial charge in [-0.1, -0.05) is 6.92 Å². The average molecular weight is 225 g/mol. The van der Waals surface area contributed by atoms with Gasteiger partial charge < -0.3 is 5.32 Å². The number of nitrogens with one attached hydrogen (secondary N) is 2. The SMILES string of the molecule is CCC1(Nc2nc(NN)ncc2F)CCC1. The molecule has 0 radical (unpaired) electrons. The summed E-state index contributed by atoms with van der Waals surface area (Å²) in [6, 6.07) is 0. The van der Waals surface area contributed by atoms with Gasteiger partial charge in [0.05, 0.1) is 6.20 Å². The number of nitrogen functional groups attached to an aromatic ring is 1. The first kappa shape index (κ1) is 11.1. The molecule has 1 aromatic heterocycles. The number of nitrogens with zero attached hydrogens (tertiary/aromatic N) is 2. The molecule has 6 heteroatoms. The second kappa shape index (κ2) is 4.21. The van der Waals surface area contributed by atoms with Gasteiger partial charge in [-0.3, -0.25) is 5.43 Å². The van der Waals surface area contributed by atoms with Crippen molar-refractivity contribution in [2.45, 2.75) is 38.1 Å². The predicted octanol–water partition coefficient (Wildman–Crippen LogP) is 1.65. The number of hydrogen-bond acceptors (Lipinski definition) is 5. The predicted molar refractivity (Wildman–Crippen MR) is 60.3 cm³/mol. The van der Waals surface area contributed by atoms with Crippen molar-refractivity contribution in [3.05, 3.63) is 12.0 Å². The standard InChI is InChI=1S/C10H16FN5/c1-2-10(4-3-5-10)15-8-7(11)6-13-9(14-8)16-12/h6H,2-5,12H2,1H3,(H2,13,14,15,16). The quantitative estimate of drug-likeness (QED) is 0.536. The molecular weight excluding hydrogens is 209 g/mol. The Morgan fingerprint density at radius 2 is 2.31 bits per heavy atom. The fraction of sp³-hybridized carbons (Fsp3) is 0.600. The van der Waals surface area contributed by atoms with Crippen molar-refractivity contribution < 1.29 is 4.39 Å². The molecule has 0 unspecified atom stereocenters. The van der Waals surface area contributed by atoms with Crippen molar-refractivity contribution in [1.82, 2.24) is 9.97 Å². The van der Waals surface area contributed by atoms with Gasteiger partial charge in [0.2, 0.25) is 5.95 Å². The number of nitrogens with two attached hydrogens (primary N) is 1. The highest BCUT2D eigenvalue weighted by molar-refractivity contribution is 5.43. The van der Waals surface area contributed by atoms with Gasteiger partial charge in [0.15, 0.2) is 11.6 Å². The molecule has 4 N–H and O–H groups in total. The van der Waals surface area contributed by atoms with Crippen molar-refractivity contribution in [1.29, 1.82) is 0 Å². The van der Waals surface area contributed by atoms with E-state index in [2.05, 4.69) is 27.6 Å². The van der Waals surface area contributed by atoms with Gasteiger partial charge in [0, 0.05) is 5.54 Å². The van der Waals surface area contributed by atoms with Crippen LogP contribution >= 0.6 is 0 Å². The first-order chi connectivity index (χ1) is 7.69. The summed E-state index contributed by atoms with van der Waals surface area (Å²) in [5.41, 5.74) is 2.31. The maximum absolute atomic E-state index is 13.5. The van der Waals surface area contributed by atoms with Crippen molar-refractivity contribution in [3.8, 4) is 0 Å². The topological polar surface area (TPSA) is 75.9 Å². The molecule has 1 aliphatic rings. The largest absolute Gasteiger partial charge is 0.362 e. The van der Waals surface area contributed by atoms with Crippen molar-refractivity contribution >= 4 is 11.8 Å².